The van der Waals surface area contributed by atoms with Crippen LogP contribution in [-0.4, -0.2) is 24.0 Å². The molecule has 2 heterocycles. The van der Waals surface area contributed by atoms with Gasteiger partial charge >= 0.3 is 0 Å². The Kier molecular flexibility index (Phi) is 5.36. The quantitative estimate of drug-likeness (QED) is 0.915. The standard InChI is InChI=1S/C19H22ClN3O/c1-14-6-8-23(9-7-14)18-10-16(12-21-13-18)19(24)22-11-15-2-4-17(20)5-3-15/h2-5,10,12-14H,6-9,11H2,1H3,(H,22,24). The van der Waals surface area contributed by atoms with Gasteiger partial charge in [-0.1, -0.05) is 30.7 Å². The molecule has 0 radical (unpaired) electrons. The number of carbonyl (C=O) groups is 1. The Bertz CT molecular complexity index is 694. The summed E-state index contributed by atoms with van der Waals surface area (Å²) in [7, 11) is 0. The first-order valence-corrected chi connectivity index (χ1v) is 8.72. The Morgan fingerprint density at radius 2 is 1.96 bits per heavy atom. The second-order valence-corrected chi connectivity index (χ2v) is 6.85. The fraction of sp³-hybridized carbons (Fsp3) is 0.368. The second-order valence-electron chi connectivity index (χ2n) is 6.41. The van der Waals surface area contributed by atoms with Crippen molar-refractivity contribution in [1.29, 1.82) is 0 Å². The van der Waals surface area contributed by atoms with Crippen molar-refractivity contribution < 1.29 is 4.79 Å². The Hall–Kier alpha value is -2.07. The molecule has 1 aliphatic heterocycles. The number of amides is 1. The van der Waals surface area contributed by atoms with Gasteiger partial charge in [-0.3, -0.25) is 9.78 Å². The molecule has 1 fully saturated rings. The summed E-state index contributed by atoms with van der Waals surface area (Å²) >= 11 is 5.87. The molecule has 4 nitrogen and oxygen atoms in total. The molecular weight excluding hydrogens is 322 g/mol. The van der Waals surface area contributed by atoms with Gasteiger partial charge in [0.05, 0.1) is 17.4 Å². The van der Waals surface area contributed by atoms with Gasteiger partial charge in [-0.2, -0.15) is 0 Å². The third-order valence-electron chi connectivity index (χ3n) is 4.50. The van der Waals surface area contributed by atoms with Crippen molar-refractivity contribution in [2.24, 2.45) is 5.92 Å². The van der Waals surface area contributed by atoms with Crippen molar-refractivity contribution in [2.75, 3.05) is 18.0 Å². The number of nitrogens with one attached hydrogen (secondary N) is 1. The van der Waals surface area contributed by atoms with Crippen LogP contribution in [0.25, 0.3) is 0 Å². The van der Waals surface area contributed by atoms with E-state index in [0.29, 0.717) is 17.1 Å². The van der Waals surface area contributed by atoms with Crippen LogP contribution in [0.15, 0.2) is 42.7 Å². The molecule has 0 bridgehead atoms. The van der Waals surface area contributed by atoms with Gasteiger partial charge in [0.25, 0.3) is 5.91 Å². The molecule has 0 aliphatic carbocycles. The monoisotopic (exact) mass is 343 g/mol. The molecule has 5 heteroatoms. The Labute approximate surface area is 147 Å². The van der Waals surface area contributed by atoms with Crippen LogP contribution in [0.4, 0.5) is 5.69 Å². The van der Waals surface area contributed by atoms with Crippen LogP contribution in [-0.2, 0) is 6.54 Å². The topological polar surface area (TPSA) is 45.2 Å². The van der Waals surface area contributed by atoms with E-state index in [1.54, 1.807) is 6.20 Å². The second kappa shape index (κ2) is 7.67. The number of nitrogens with zero attached hydrogens (tertiary/aromatic N) is 2. The van der Waals surface area contributed by atoms with Gasteiger partial charge in [0.2, 0.25) is 0 Å². The number of benzene rings is 1. The third kappa shape index (κ3) is 4.26. The highest BCUT2D eigenvalue weighted by atomic mass is 35.5. The summed E-state index contributed by atoms with van der Waals surface area (Å²) in [5.41, 5.74) is 2.64. The van der Waals surface area contributed by atoms with Crippen molar-refractivity contribution in [3.05, 3.63) is 58.9 Å². The molecule has 0 atom stereocenters. The lowest BCUT2D eigenvalue weighted by Gasteiger charge is -2.32. The summed E-state index contributed by atoms with van der Waals surface area (Å²) in [6, 6.07) is 9.39. The first-order valence-electron chi connectivity index (χ1n) is 8.34. The molecule has 1 aliphatic rings. The highest BCUT2D eigenvalue weighted by Gasteiger charge is 2.17. The summed E-state index contributed by atoms with van der Waals surface area (Å²) in [4.78, 5) is 18.9. The van der Waals surface area contributed by atoms with Gasteiger partial charge in [-0.25, -0.2) is 0 Å². The van der Waals surface area contributed by atoms with Gasteiger partial charge in [-0.05, 0) is 42.5 Å². The van der Waals surface area contributed by atoms with Crippen LogP contribution in [0.5, 0.6) is 0 Å². The zero-order valence-corrected chi connectivity index (χ0v) is 14.6. The molecular formula is C19H22ClN3O. The zero-order valence-electron chi connectivity index (χ0n) is 13.8. The molecule has 0 spiro atoms. The van der Waals surface area contributed by atoms with Gasteiger partial charge in [-0.15, -0.1) is 0 Å². The predicted molar refractivity (Wildman–Crippen MR) is 97.5 cm³/mol. The highest BCUT2D eigenvalue weighted by Crippen LogP contribution is 2.23. The van der Waals surface area contributed by atoms with Crippen molar-refractivity contribution in [2.45, 2.75) is 26.3 Å². The van der Waals surface area contributed by atoms with E-state index in [2.05, 4.69) is 22.1 Å². The molecule has 1 aromatic heterocycles. The number of carbonyl (C=O) groups excluding carboxylic acids is 1. The first-order chi connectivity index (χ1) is 11.6. The Morgan fingerprint density at radius 1 is 1.25 bits per heavy atom. The van der Waals surface area contributed by atoms with Gasteiger partial charge in [0, 0.05) is 30.9 Å². The molecule has 2 aromatic rings. The molecule has 126 valence electrons. The van der Waals surface area contributed by atoms with Crippen molar-refractivity contribution in [3.63, 3.8) is 0 Å². The number of anilines is 1. The van der Waals surface area contributed by atoms with Gasteiger partial charge in [0.1, 0.15) is 0 Å². The number of hydrogen-bond donors (Lipinski definition) is 1. The molecule has 1 aromatic carbocycles. The number of halogens is 1. The van der Waals surface area contributed by atoms with Crippen LogP contribution >= 0.6 is 11.6 Å². The normalized spacial score (nSPS) is 15.3. The summed E-state index contributed by atoms with van der Waals surface area (Å²) < 4.78 is 0. The van der Waals surface area contributed by atoms with Crippen molar-refractivity contribution >= 4 is 23.2 Å². The predicted octanol–water partition coefficient (Wildman–Crippen LogP) is 3.90. The van der Waals surface area contributed by atoms with E-state index in [9.17, 15) is 4.79 Å². The minimum Gasteiger partial charge on any atom is -0.370 e. The Balaban J connectivity index is 1.62. The van der Waals surface area contributed by atoms with E-state index in [1.807, 2.05) is 36.5 Å². The van der Waals surface area contributed by atoms with E-state index < -0.39 is 0 Å². The number of hydrogen-bond acceptors (Lipinski definition) is 3. The molecule has 24 heavy (non-hydrogen) atoms. The maximum Gasteiger partial charge on any atom is 0.253 e. The van der Waals surface area contributed by atoms with Crippen molar-refractivity contribution in [3.8, 4) is 0 Å². The molecule has 1 saturated heterocycles. The number of pyridine rings is 1. The summed E-state index contributed by atoms with van der Waals surface area (Å²) in [6.07, 6.45) is 5.83. The summed E-state index contributed by atoms with van der Waals surface area (Å²) in [5, 5.41) is 3.62. The molecule has 3 rings (SSSR count). The molecule has 1 N–H and O–H groups in total. The fourth-order valence-corrected chi connectivity index (χ4v) is 3.00. The molecule has 0 saturated carbocycles. The van der Waals surface area contributed by atoms with Crippen LogP contribution in [0.2, 0.25) is 5.02 Å². The maximum atomic E-state index is 12.4. The van der Waals surface area contributed by atoms with E-state index >= 15 is 0 Å². The first kappa shape index (κ1) is 16.8. The molecule has 0 unspecified atom stereocenters. The number of rotatable bonds is 4. The minimum absolute atomic E-state index is 0.107. The van der Waals surface area contributed by atoms with Crippen molar-refractivity contribution in [1.82, 2.24) is 10.3 Å². The van der Waals surface area contributed by atoms with Crippen LogP contribution in [0.1, 0.15) is 35.7 Å². The SMILES string of the molecule is CC1CCN(c2cncc(C(=O)NCc3ccc(Cl)cc3)c2)CC1. The lowest BCUT2D eigenvalue weighted by molar-refractivity contribution is 0.0950. The summed E-state index contributed by atoms with van der Waals surface area (Å²) in [6.45, 7) is 4.81. The average Bonchev–Trinajstić information content (AvgIpc) is 2.62. The number of piperidine rings is 1. The minimum atomic E-state index is -0.107. The van der Waals surface area contributed by atoms with E-state index in [4.69, 9.17) is 11.6 Å². The lowest BCUT2D eigenvalue weighted by atomic mass is 9.99. The van der Waals surface area contributed by atoms with E-state index in [-0.39, 0.29) is 5.91 Å². The van der Waals surface area contributed by atoms with Crippen LogP contribution in [0.3, 0.4) is 0 Å². The summed E-state index contributed by atoms with van der Waals surface area (Å²) in [5.74, 6) is 0.671. The third-order valence-corrected chi connectivity index (χ3v) is 4.75. The average molecular weight is 344 g/mol. The zero-order chi connectivity index (χ0) is 16.9. The molecule has 1 amide bonds. The van der Waals surface area contributed by atoms with Gasteiger partial charge < -0.3 is 10.2 Å². The van der Waals surface area contributed by atoms with Crippen LogP contribution in [0, 0.1) is 5.92 Å². The number of aromatic nitrogens is 1. The largest absolute Gasteiger partial charge is 0.370 e. The fourth-order valence-electron chi connectivity index (χ4n) is 2.88. The van der Waals surface area contributed by atoms with Crippen LogP contribution < -0.4 is 10.2 Å². The maximum absolute atomic E-state index is 12.4. The van der Waals surface area contributed by atoms with Gasteiger partial charge in [0.15, 0.2) is 0 Å². The lowest BCUT2D eigenvalue weighted by Crippen LogP contribution is -2.33. The van der Waals surface area contributed by atoms with E-state index in [0.717, 1.165) is 30.3 Å². The van der Waals surface area contributed by atoms with E-state index in [1.165, 1.54) is 12.8 Å². The Morgan fingerprint density at radius 3 is 2.67 bits per heavy atom. The smallest absolute Gasteiger partial charge is 0.253 e. The highest BCUT2D eigenvalue weighted by molar-refractivity contribution is 6.30.